The predicted octanol–water partition coefficient (Wildman–Crippen LogP) is 1.90. The Morgan fingerprint density at radius 3 is 2.95 bits per heavy atom. The number of sulfonamides is 1. The van der Waals surface area contributed by atoms with Crippen LogP contribution < -0.4 is 4.72 Å². The molecule has 21 heavy (non-hydrogen) atoms. The Balaban J connectivity index is 1.87. The Labute approximate surface area is 136 Å². The average molecular weight is 398 g/mol. The number of carbonyl (C=O) groups excluding carboxylic acids is 1. The van der Waals surface area contributed by atoms with E-state index in [0.29, 0.717) is 17.0 Å². The molecule has 1 aliphatic rings. The summed E-state index contributed by atoms with van der Waals surface area (Å²) in [4.78, 5) is 11.9. The Morgan fingerprint density at radius 2 is 2.38 bits per heavy atom. The van der Waals surface area contributed by atoms with Crippen molar-refractivity contribution in [2.75, 3.05) is 13.2 Å². The van der Waals surface area contributed by atoms with Crippen LogP contribution in [0.5, 0.6) is 0 Å². The summed E-state index contributed by atoms with van der Waals surface area (Å²) in [7, 11) is -3.84. The number of amides is 1. The summed E-state index contributed by atoms with van der Waals surface area (Å²) in [5.41, 5.74) is 0. The van der Waals surface area contributed by atoms with E-state index in [1.165, 1.54) is 13.0 Å². The van der Waals surface area contributed by atoms with Gasteiger partial charge in [0.05, 0.1) is 16.5 Å². The van der Waals surface area contributed by atoms with Gasteiger partial charge in [-0.15, -0.1) is 11.3 Å². The van der Waals surface area contributed by atoms with Gasteiger partial charge in [-0.3, -0.25) is 4.79 Å². The third-order valence-corrected chi connectivity index (χ3v) is 6.44. The van der Waals surface area contributed by atoms with Crippen LogP contribution in [0.1, 0.15) is 19.8 Å². The number of carbonyl (C=O) groups is 1. The van der Waals surface area contributed by atoms with Gasteiger partial charge in [-0.2, -0.15) is 0 Å². The fourth-order valence-corrected chi connectivity index (χ4v) is 4.86. The van der Waals surface area contributed by atoms with E-state index in [2.05, 4.69) is 15.9 Å². The summed E-state index contributed by atoms with van der Waals surface area (Å²) in [6.45, 7) is 2.51. The minimum Gasteiger partial charge on any atom is -0.376 e. The van der Waals surface area contributed by atoms with Crippen LogP contribution in [0.15, 0.2) is 20.1 Å². The van der Waals surface area contributed by atoms with Crippen molar-refractivity contribution in [1.29, 1.82) is 0 Å². The summed E-state index contributed by atoms with van der Waals surface area (Å²) in [5.74, 6) is -0.683. The van der Waals surface area contributed by atoms with Crippen LogP contribution in [-0.4, -0.2) is 39.7 Å². The van der Waals surface area contributed by atoms with Gasteiger partial charge in [0.15, 0.2) is 0 Å². The smallest absolute Gasteiger partial charge is 0.273 e. The zero-order valence-electron chi connectivity index (χ0n) is 11.4. The van der Waals surface area contributed by atoms with Crippen molar-refractivity contribution in [3.8, 4) is 0 Å². The second-order valence-corrected chi connectivity index (χ2v) is 9.01. The number of thiophene rings is 1. The standard InChI is InChI=1S/C12H16BrNO5S2/c1-8(19-7-9-3-2-6-18-9)12(15)14-21(16,17)11-5-4-10(13)20-11/h4-5,8-9H,2-3,6-7H2,1H3,(H,14,15)/t8-,9+/m1/s1. The summed E-state index contributed by atoms with van der Waals surface area (Å²) in [6, 6.07) is 3.04. The Bertz CT molecular complexity index is 595. The second-order valence-electron chi connectivity index (χ2n) is 4.64. The summed E-state index contributed by atoms with van der Waals surface area (Å²) < 4.78 is 37.5. The fraction of sp³-hybridized carbons (Fsp3) is 0.583. The van der Waals surface area contributed by atoms with Crippen LogP contribution in [0.3, 0.4) is 0 Å². The number of rotatable bonds is 6. The van der Waals surface area contributed by atoms with Crippen LogP contribution in [0.25, 0.3) is 0 Å². The molecule has 2 heterocycles. The van der Waals surface area contributed by atoms with E-state index in [0.717, 1.165) is 24.2 Å². The van der Waals surface area contributed by atoms with Crippen molar-refractivity contribution < 1.29 is 22.7 Å². The van der Waals surface area contributed by atoms with Crippen molar-refractivity contribution in [3.05, 3.63) is 15.9 Å². The molecule has 2 rings (SSSR count). The summed E-state index contributed by atoms with van der Waals surface area (Å²) in [6.07, 6.45) is 1.02. The number of halogens is 1. The van der Waals surface area contributed by atoms with Crippen LogP contribution in [0.4, 0.5) is 0 Å². The lowest BCUT2D eigenvalue weighted by Gasteiger charge is -2.15. The van der Waals surface area contributed by atoms with E-state index in [9.17, 15) is 13.2 Å². The lowest BCUT2D eigenvalue weighted by Crippen LogP contribution is -2.39. The fourth-order valence-electron chi connectivity index (χ4n) is 1.81. The van der Waals surface area contributed by atoms with Gasteiger partial charge in [0, 0.05) is 6.61 Å². The number of nitrogens with one attached hydrogen (secondary N) is 1. The highest BCUT2D eigenvalue weighted by Crippen LogP contribution is 2.25. The molecule has 0 aromatic carbocycles. The first-order valence-corrected chi connectivity index (χ1v) is 9.53. The van der Waals surface area contributed by atoms with Gasteiger partial charge in [-0.25, -0.2) is 13.1 Å². The molecule has 1 saturated heterocycles. The van der Waals surface area contributed by atoms with E-state index in [1.807, 2.05) is 4.72 Å². The molecule has 9 heteroatoms. The van der Waals surface area contributed by atoms with Gasteiger partial charge in [0.1, 0.15) is 10.3 Å². The maximum Gasteiger partial charge on any atom is 0.273 e. The minimum absolute atomic E-state index is 0.00916. The van der Waals surface area contributed by atoms with Gasteiger partial charge in [-0.05, 0) is 47.8 Å². The molecule has 118 valence electrons. The lowest BCUT2D eigenvalue weighted by atomic mass is 10.2. The first-order valence-electron chi connectivity index (χ1n) is 6.43. The van der Waals surface area contributed by atoms with Crippen molar-refractivity contribution in [3.63, 3.8) is 0 Å². The predicted molar refractivity (Wildman–Crippen MR) is 81.7 cm³/mol. The van der Waals surface area contributed by atoms with Gasteiger partial charge >= 0.3 is 0 Å². The normalized spacial score (nSPS) is 20.4. The molecule has 1 aromatic rings. The van der Waals surface area contributed by atoms with Crippen molar-refractivity contribution >= 4 is 43.2 Å². The highest BCUT2D eigenvalue weighted by atomic mass is 79.9. The maximum atomic E-state index is 12.0. The molecule has 1 aromatic heterocycles. The minimum atomic E-state index is -3.84. The average Bonchev–Trinajstić information content (AvgIpc) is 3.06. The second kappa shape index (κ2) is 7.19. The van der Waals surface area contributed by atoms with Gasteiger partial charge in [0.2, 0.25) is 0 Å². The highest BCUT2D eigenvalue weighted by Gasteiger charge is 2.25. The van der Waals surface area contributed by atoms with E-state index in [1.54, 1.807) is 6.07 Å². The van der Waals surface area contributed by atoms with Gasteiger partial charge in [-0.1, -0.05) is 0 Å². The number of hydrogen-bond donors (Lipinski definition) is 1. The van der Waals surface area contributed by atoms with Crippen molar-refractivity contribution in [2.24, 2.45) is 0 Å². The molecule has 6 nitrogen and oxygen atoms in total. The maximum absolute atomic E-state index is 12.0. The highest BCUT2D eigenvalue weighted by molar-refractivity contribution is 9.11. The quantitative estimate of drug-likeness (QED) is 0.792. The molecular weight excluding hydrogens is 382 g/mol. The topological polar surface area (TPSA) is 81.7 Å². The van der Waals surface area contributed by atoms with E-state index < -0.39 is 22.0 Å². The monoisotopic (exact) mass is 397 g/mol. The molecule has 2 atom stereocenters. The first kappa shape index (κ1) is 16.9. The Hall–Kier alpha value is -0.480. The molecule has 1 fully saturated rings. The Morgan fingerprint density at radius 1 is 1.62 bits per heavy atom. The molecular formula is C12H16BrNO5S2. The lowest BCUT2D eigenvalue weighted by molar-refractivity contribution is -0.131. The molecule has 1 amide bonds. The largest absolute Gasteiger partial charge is 0.376 e. The van der Waals surface area contributed by atoms with E-state index in [-0.39, 0.29) is 10.3 Å². The number of hydrogen-bond acceptors (Lipinski definition) is 6. The summed E-state index contributed by atoms with van der Waals surface area (Å²) >= 11 is 4.22. The molecule has 0 radical (unpaired) electrons. The van der Waals surface area contributed by atoms with Gasteiger partial charge < -0.3 is 9.47 Å². The van der Waals surface area contributed by atoms with Crippen LogP contribution in [-0.2, 0) is 24.3 Å². The van der Waals surface area contributed by atoms with Crippen LogP contribution in [0.2, 0.25) is 0 Å². The molecule has 1 N–H and O–H groups in total. The van der Waals surface area contributed by atoms with E-state index >= 15 is 0 Å². The zero-order chi connectivity index (χ0) is 15.5. The third kappa shape index (κ3) is 4.75. The number of ether oxygens (including phenoxy) is 2. The zero-order valence-corrected chi connectivity index (χ0v) is 14.6. The van der Waals surface area contributed by atoms with Crippen LogP contribution >= 0.6 is 27.3 Å². The third-order valence-electron chi connectivity index (χ3n) is 2.97. The molecule has 0 saturated carbocycles. The van der Waals surface area contributed by atoms with Gasteiger partial charge in [0.25, 0.3) is 15.9 Å². The van der Waals surface area contributed by atoms with Crippen LogP contribution in [0, 0.1) is 0 Å². The molecule has 0 unspecified atom stereocenters. The van der Waals surface area contributed by atoms with E-state index in [4.69, 9.17) is 9.47 Å². The molecule has 0 spiro atoms. The summed E-state index contributed by atoms with van der Waals surface area (Å²) in [5, 5.41) is 0. The molecule has 0 aliphatic carbocycles. The SMILES string of the molecule is C[C@@H](OC[C@@H]1CCCO1)C(=O)NS(=O)(=O)c1ccc(Br)s1. The molecule has 0 bridgehead atoms. The molecule has 1 aliphatic heterocycles. The Kier molecular flexibility index (Phi) is 5.78. The van der Waals surface area contributed by atoms with Crippen molar-refractivity contribution in [1.82, 2.24) is 4.72 Å². The first-order chi connectivity index (χ1) is 9.88. The van der Waals surface area contributed by atoms with Crippen molar-refractivity contribution in [2.45, 2.75) is 36.2 Å².